The van der Waals surface area contributed by atoms with Crippen molar-refractivity contribution >= 4 is 30.6 Å². The molecular weight excluding hydrogens is 399 g/mol. The van der Waals surface area contributed by atoms with Crippen LogP contribution in [-0.2, 0) is 6.54 Å². The second-order valence-electron chi connectivity index (χ2n) is 6.28. The van der Waals surface area contributed by atoms with Gasteiger partial charge in [-0.05, 0) is 23.0 Å². The van der Waals surface area contributed by atoms with Crippen molar-refractivity contribution < 1.29 is 4.92 Å². The molecular formula is C20H24Cl2N4O2. The zero-order valence-electron chi connectivity index (χ0n) is 15.7. The van der Waals surface area contributed by atoms with E-state index in [1.807, 2.05) is 24.3 Å². The van der Waals surface area contributed by atoms with E-state index in [1.165, 1.54) is 17.3 Å². The number of nitrogens with zero attached hydrogens (tertiary/aromatic N) is 3. The number of aromatic nitrogens is 2. The summed E-state index contributed by atoms with van der Waals surface area (Å²) in [5, 5.41) is 14.7. The molecule has 0 radical (unpaired) electrons. The van der Waals surface area contributed by atoms with E-state index in [2.05, 4.69) is 47.6 Å². The zero-order chi connectivity index (χ0) is 18.5. The number of benzene rings is 2. The molecule has 150 valence electrons. The van der Waals surface area contributed by atoms with Crippen LogP contribution in [0.15, 0.2) is 60.8 Å². The lowest BCUT2D eigenvalue weighted by molar-refractivity contribution is -0.392. The Kier molecular flexibility index (Phi) is 9.12. The van der Waals surface area contributed by atoms with E-state index in [1.54, 1.807) is 11.5 Å². The van der Waals surface area contributed by atoms with E-state index in [4.69, 9.17) is 0 Å². The van der Waals surface area contributed by atoms with Gasteiger partial charge in [0.15, 0.2) is 5.82 Å². The van der Waals surface area contributed by atoms with Crippen molar-refractivity contribution in [3.8, 4) is 0 Å². The van der Waals surface area contributed by atoms with Crippen LogP contribution in [0.1, 0.15) is 28.6 Å². The molecule has 3 rings (SSSR count). The molecule has 0 spiro atoms. The Labute approximate surface area is 177 Å². The maximum atomic E-state index is 11.1. The number of aryl methyl sites for hydroxylation is 2. The van der Waals surface area contributed by atoms with E-state index in [9.17, 15) is 10.1 Å². The first-order valence-corrected chi connectivity index (χ1v) is 8.57. The van der Waals surface area contributed by atoms with Crippen LogP contribution in [0.4, 0.5) is 5.82 Å². The third kappa shape index (κ3) is 5.55. The Morgan fingerprint density at radius 3 is 2.39 bits per heavy atom. The molecule has 28 heavy (non-hydrogen) atoms. The number of nitrogens with one attached hydrogen (secondary N) is 1. The molecule has 0 aliphatic carbocycles. The van der Waals surface area contributed by atoms with Gasteiger partial charge < -0.3 is 15.4 Å². The van der Waals surface area contributed by atoms with Crippen LogP contribution in [0, 0.1) is 24.0 Å². The first-order chi connectivity index (χ1) is 12.6. The van der Waals surface area contributed by atoms with Gasteiger partial charge in [0.2, 0.25) is 0 Å². The molecule has 0 bridgehead atoms. The van der Waals surface area contributed by atoms with Crippen LogP contribution in [0.3, 0.4) is 0 Å². The molecule has 1 atom stereocenters. The summed E-state index contributed by atoms with van der Waals surface area (Å²) in [4.78, 5) is 14.8. The van der Waals surface area contributed by atoms with Crippen molar-refractivity contribution in [2.24, 2.45) is 0 Å². The van der Waals surface area contributed by atoms with E-state index in [0.29, 0.717) is 18.9 Å². The molecule has 1 unspecified atom stereocenters. The average molecular weight is 423 g/mol. The topological polar surface area (TPSA) is 73.0 Å². The van der Waals surface area contributed by atoms with E-state index in [0.717, 1.165) is 5.56 Å². The van der Waals surface area contributed by atoms with Gasteiger partial charge in [-0.15, -0.1) is 24.8 Å². The molecule has 1 aromatic heterocycles. The Bertz CT molecular complexity index is 900. The van der Waals surface area contributed by atoms with Gasteiger partial charge in [-0.25, -0.2) is 9.55 Å². The van der Waals surface area contributed by atoms with Crippen LogP contribution in [0.5, 0.6) is 0 Å². The van der Waals surface area contributed by atoms with E-state index in [-0.39, 0.29) is 36.7 Å². The fourth-order valence-corrected chi connectivity index (χ4v) is 3.12. The fraction of sp³-hybridized carbons (Fsp3) is 0.250. The Hall–Kier alpha value is -2.41. The normalized spacial score (nSPS) is 11.2. The Morgan fingerprint density at radius 2 is 1.75 bits per heavy atom. The van der Waals surface area contributed by atoms with Crippen LogP contribution in [0.2, 0.25) is 0 Å². The van der Waals surface area contributed by atoms with Gasteiger partial charge in [-0.1, -0.05) is 60.2 Å². The number of nitro groups is 1. The monoisotopic (exact) mass is 422 g/mol. The summed E-state index contributed by atoms with van der Waals surface area (Å²) in [6.07, 6.45) is 1.31. The van der Waals surface area contributed by atoms with Gasteiger partial charge in [-0.3, -0.25) is 0 Å². The number of imidazole rings is 1. The molecule has 8 heteroatoms. The minimum Gasteiger partial charge on any atom is -0.358 e. The summed E-state index contributed by atoms with van der Waals surface area (Å²) in [6, 6.07) is 18.6. The molecule has 1 N–H and O–H groups in total. The summed E-state index contributed by atoms with van der Waals surface area (Å²) in [5.74, 6) is 0.668. The first-order valence-electron chi connectivity index (χ1n) is 8.57. The third-order valence-corrected chi connectivity index (χ3v) is 4.41. The summed E-state index contributed by atoms with van der Waals surface area (Å²) >= 11 is 0. The summed E-state index contributed by atoms with van der Waals surface area (Å²) < 4.78 is 1.63. The van der Waals surface area contributed by atoms with Crippen molar-refractivity contribution in [2.75, 3.05) is 6.54 Å². The largest absolute Gasteiger partial charge is 0.358 e. The number of halogens is 2. The van der Waals surface area contributed by atoms with Crippen LogP contribution in [-0.4, -0.2) is 21.0 Å². The molecule has 2 aromatic carbocycles. The molecule has 0 aliphatic heterocycles. The molecule has 1 heterocycles. The maximum Gasteiger partial charge on any atom is 0.342 e. The third-order valence-electron chi connectivity index (χ3n) is 4.41. The minimum atomic E-state index is -0.394. The maximum absolute atomic E-state index is 11.1. The molecule has 0 amide bonds. The fourth-order valence-electron chi connectivity index (χ4n) is 3.12. The van der Waals surface area contributed by atoms with Crippen molar-refractivity contribution in [1.82, 2.24) is 14.9 Å². The van der Waals surface area contributed by atoms with Crippen LogP contribution < -0.4 is 5.32 Å². The lowest BCUT2D eigenvalue weighted by Gasteiger charge is -2.20. The number of hydrogen-bond donors (Lipinski definition) is 1. The second-order valence-corrected chi connectivity index (χ2v) is 6.28. The van der Waals surface area contributed by atoms with Crippen molar-refractivity contribution in [1.29, 1.82) is 0 Å². The highest BCUT2D eigenvalue weighted by molar-refractivity contribution is 5.85. The Balaban J connectivity index is 0.00000196. The van der Waals surface area contributed by atoms with Crippen LogP contribution in [0.25, 0.3) is 0 Å². The van der Waals surface area contributed by atoms with Crippen molar-refractivity contribution in [2.45, 2.75) is 26.4 Å². The quantitative estimate of drug-likeness (QED) is 0.444. The van der Waals surface area contributed by atoms with Gasteiger partial charge >= 0.3 is 5.82 Å². The molecule has 0 saturated carbocycles. The van der Waals surface area contributed by atoms with Crippen molar-refractivity contribution in [3.63, 3.8) is 0 Å². The highest BCUT2D eigenvalue weighted by atomic mass is 35.5. The first kappa shape index (κ1) is 23.6. The van der Waals surface area contributed by atoms with Gasteiger partial charge in [0.05, 0.1) is 6.04 Å². The zero-order valence-corrected chi connectivity index (χ0v) is 17.4. The Morgan fingerprint density at radius 1 is 1.07 bits per heavy atom. The summed E-state index contributed by atoms with van der Waals surface area (Å²) in [7, 11) is 0. The molecule has 0 aliphatic rings. The average Bonchev–Trinajstić information content (AvgIpc) is 3.00. The standard InChI is InChI=1S/C20H22N4O2.2ClH/c1-15-7-6-10-18(13-15)20(17-8-4-3-5-9-17)21-11-12-23-16(2)22-14-19(23)24(25)26;;/h3-10,13-14,20-21H,11-12H2,1-2H3;2*1H. The molecule has 0 saturated heterocycles. The van der Waals surface area contributed by atoms with Crippen LogP contribution >= 0.6 is 24.8 Å². The molecule has 6 nitrogen and oxygen atoms in total. The predicted octanol–water partition coefficient (Wildman–Crippen LogP) is 4.63. The van der Waals surface area contributed by atoms with E-state index >= 15 is 0 Å². The van der Waals surface area contributed by atoms with Gasteiger partial charge in [0.1, 0.15) is 12.7 Å². The highest BCUT2D eigenvalue weighted by Gasteiger charge is 2.18. The SMILES string of the molecule is Cc1cccc(C(NCCn2c([N+](=O)[O-])cnc2C)c2ccccc2)c1.Cl.Cl. The summed E-state index contributed by atoms with van der Waals surface area (Å²) in [5.41, 5.74) is 3.54. The second kappa shape index (κ2) is 10.8. The lowest BCUT2D eigenvalue weighted by Crippen LogP contribution is -2.27. The smallest absolute Gasteiger partial charge is 0.342 e. The molecule has 3 aromatic rings. The number of rotatable bonds is 7. The van der Waals surface area contributed by atoms with Gasteiger partial charge in [0.25, 0.3) is 0 Å². The van der Waals surface area contributed by atoms with Gasteiger partial charge in [0, 0.05) is 13.5 Å². The lowest BCUT2D eigenvalue weighted by atomic mass is 9.97. The highest BCUT2D eigenvalue weighted by Crippen LogP contribution is 2.23. The summed E-state index contributed by atoms with van der Waals surface area (Å²) in [6.45, 7) is 4.93. The predicted molar refractivity (Wildman–Crippen MR) is 116 cm³/mol. The van der Waals surface area contributed by atoms with Gasteiger partial charge in [-0.2, -0.15) is 0 Å². The minimum absolute atomic E-state index is 0. The number of hydrogen-bond acceptors (Lipinski definition) is 4. The molecule has 0 fully saturated rings. The van der Waals surface area contributed by atoms with E-state index < -0.39 is 4.92 Å². The van der Waals surface area contributed by atoms with Crippen molar-refractivity contribution in [3.05, 3.63) is 93.4 Å².